The molecule has 1 amide bonds. The van der Waals surface area contributed by atoms with E-state index in [4.69, 9.17) is 4.52 Å². The van der Waals surface area contributed by atoms with Crippen molar-refractivity contribution in [2.24, 2.45) is 0 Å². The molecule has 32 heavy (non-hydrogen) atoms. The van der Waals surface area contributed by atoms with Gasteiger partial charge in [-0.15, -0.1) is 0 Å². The summed E-state index contributed by atoms with van der Waals surface area (Å²) in [6, 6.07) is 6.12. The van der Waals surface area contributed by atoms with Gasteiger partial charge in [-0.3, -0.25) is 9.36 Å². The fraction of sp³-hybridized carbons (Fsp3) is 0.250. The van der Waals surface area contributed by atoms with Crippen molar-refractivity contribution in [3.05, 3.63) is 63.5 Å². The Labute approximate surface area is 177 Å². The Morgan fingerprint density at radius 3 is 2.81 bits per heavy atom. The predicted octanol–water partition coefficient (Wildman–Crippen LogP) is 2.76. The van der Waals surface area contributed by atoms with Gasteiger partial charge in [0.25, 0.3) is 11.6 Å². The first kappa shape index (κ1) is 20.0. The topological polar surface area (TPSA) is 110 Å². The summed E-state index contributed by atoms with van der Waals surface area (Å²) in [5.74, 6) is 0.0265. The predicted molar refractivity (Wildman–Crippen MR) is 105 cm³/mol. The van der Waals surface area contributed by atoms with E-state index in [1.165, 1.54) is 27.7 Å². The number of benzene rings is 1. The molecule has 9 nitrogen and oxygen atoms in total. The molecule has 1 aromatic carbocycles. The third kappa shape index (κ3) is 3.24. The van der Waals surface area contributed by atoms with Crippen LogP contribution in [0.2, 0.25) is 0 Å². The molecule has 12 heteroatoms. The highest BCUT2D eigenvalue weighted by Crippen LogP contribution is 2.33. The van der Waals surface area contributed by atoms with Crippen molar-refractivity contribution in [2.75, 3.05) is 6.54 Å². The number of carbonyl (C=O) groups is 1. The number of halogens is 3. The third-order valence-electron chi connectivity index (χ3n) is 5.38. The van der Waals surface area contributed by atoms with Crippen molar-refractivity contribution in [3.8, 4) is 11.3 Å². The van der Waals surface area contributed by atoms with Crippen molar-refractivity contribution in [2.45, 2.75) is 26.2 Å². The number of hydrogen-bond acceptors (Lipinski definition) is 6. The van der Waals surface area contributed by atoms with Gasteiger partial charge >= 0.3 is 11.9 Å². The number of amides is 1. The summed E-state index contributed by atoms with van der Waals surface area (Å²) >= 11 is 0. The summed E-state index contributed by atoms with van der Waals surface area (Å²) in [6.07, 6.45) is -4.52. The van der Waals surface area contributed by atoms with Gasteiger partial charge in [-0.25, -0.2) is 14.9 Å². The smallest absolute Gasteiger partial charge is 0.335 e. The van der Waals surface area contributed by atoms with Crippen molar-refractivity contribution >= 4 is 17.0 Å². The highest BCUT2D eigenvalue weighted by atomic mass is 19.4. The summed E-state index contributed by atoms with van der Waals surface area (Å²) in [6.45, 7) is 2.28. The maximum Gasteiger partial charge on any atom is 0.416 e. The Morgan fingerprint density at radius 2 is 2.03 bits per heavy atom. The number of H-pyrrole nitrogens is 1. The summed E-state index contributed by atoms with van der Waals surface area (Å²) in [5, 5.41) is 10.5. The van der Waals surface area contributed by atoms with Crippen LogP contribution in [0.5, 0.6) is 0 Å². The second-order valence-electron chi connectivity index (χ2n) is 7.41. The normalized spacial score (nSPS) is 14.1. The molecule has 0 atom stereocenters. The highest BCUT2D eigenvalue weighted by Gasteiger charge is 2.31. The van der Waals surface area contributed by atoms with Crippen molar-refractivity contribution < 1.29 is 22.5 Å². The van der Waals surface area contributed by atoms with Crippen LogP contribution >= 0.6 is 0 Å². The zero-order chi connectivity index (χ0) is 22.6. The molecule has 0 radical (unpaired) electrons. The molecule has 164 valence electrons. The number of nitrogens with zero attached hydrogens (tertiary/aromatic N) is 5. The van der Waals surface area contributed by atoms with Crippen molar-refractivity contribution in [3.63, 3.8) is 0 Å². The largest absolute Gasteiger partial charge is 0.416 e. The molecule has 1 aliphatic heterocycles. The molecule has 1 aliphatic rings. The van der Waals surface area contributed by atoms with Crippen LogP contribution in [0.25, 0.3) is 22.4 Å². The number of aromatic amines is 1. The molecule has 0 unspecified atom stereocenters. The maximum atomic E-state index is 13.4. The van der Waals surface area contributed by atoms with Gasteiger partial charge in [0.2, 0.25) is 0 Å². The molecule has 4 aromatic rings. The van der Waals surface area contributed by atoms with Gasteiger partial charge in [0.05, 0.1) is 34.4 Å². The quantitative estimate of drug-likeness (QED) is 0.509. The Bertz CT molecular complexity index is 1420. The summed E-state index contributed by atoms with van der Waals surface area (Å²) in [7, 11) is 0. The molecule has 1 N–H and O–H groups in total. The van der Waals surface area contributed by atoms with Gasteiger partial charge in [0, 0.05) is 18.7 Å². The number of hydrogen-bond donors (Lipinski definition) is 1. The lowest BCUT2D eigenvalue weighted by Gasteiger charge is -2.27. The standard InChI is InChI=1S/C20H15F3N6O3/c1-10-16-13(18(30)28-5-6-29-15(9-28)25-26-19(29)31)8-14(24-17(16)32-27-10)11-3-2-4-12(7-11)20(21,22)23/h2-4,7-8H,5-6,9H2,1H3,(H,26,31). The lowest BCUT2D eigenvalue weighted by Crippen LogP contribution is -2.40. The fourth-order valence-electron chi connectivity index (χ4n) is 3.78. The number of alkyl halides is 3. The van der Waals surface area contributed by atoms with Gasteiger partial charge in [-0.2, -0.15) is 18.3 Å². The number of pyridine rings is 1. The van der Waals surface area contributed by atoms with E-state index in [0.717, 1.165) is 12.1 Å². The average Bonchev–Trinajstić information content (AvgIpc) is 3.34. The molecule has 0 bridgehead atoms. The van der Waals surface area contributed by atoms with E-state index in [1.807, 2.05) is 0 Å². The molecule has 0 fully saturated rings. The number of aromatic nitrogens is 5. The first-order valence-corrected chi connectivity index (χ1v) is 9.60. The monoisotopic (exact) mass is 444 g/mol. The van der Waals surface area contributed by atoms with Gasteiger partial charge in [-0.1, -0.05) is 17.3 Å². The van der Waals surface area contributed by atoms with Crippen LogP contribution in [0.1, 0.15) is 27.4 Å². The van der Waals surface area contributed by atoms with Crippen LogP contribution in [-0.4, -0.2) is 42.3 Å². The zero-order valence-electron chi connectivity index (χ0n) is 16.6. The van der Waals surface area contributed by atoms with Crippen LogP contribution in [0, 0.1) is 6.92 Å². The van der Waals surface area contributed by atoms with E-state index < -0.39 is 17.6 Å². The molecule has 0 saturated carbocycles. The zero-order valence-corrected chi connectivity index (χ0v) is 16.6. The average molecular weight is 444 g/mol. The SMILES string of the molecule is Cc1noc2nc(-c3cccc(C(F)(F)F)c3)cc(C(=O)N3CCn4c(n[nH]c4=O)C3)c12. The molecular formula is C20H15F3N6O3. The molecule has 0 spiro atoms. The summed E-state index contributed by atoms with van der Waals surface area (Å²) in [4.78, 5) is 30.9. The van der Waals surface area contributed by atoms with Crippen LogP contribution < -0.4 is 5.69 Å². The highest BCUT2D eigenvalue weighted by molar-refractivity contribution is 6.07. The second-order valence-corrected chi connectivity index (χ2v) is 7.41. The third-order valence-corrected chi connectivity index (χ3v) is 5.38. The van der Waals surface area contributed by atoms with E-state index in [9.17, 15) is 22.8 Å². The summed E-state index contributed by atoms with van der Waals surface area (Å²) in [5.41, 5.74) is -0.158. The molecular weight excluding hydrogens is 429 g/mol. The van der Waals surface area contributed by atoms with E-state index in [2.05, 4.69) is 20.3 Å². The van der Waals surface area contributed by atoms with Gasteiger partial charge in [0.15, 0.2) is 5.82 Å². The first-order valence-electron chi connectivity index (χ1n) is 9.60. The van der Waals surface area contributed by atoms with Gasteiger partial charge < -0.3 is 9.42 Å². The van der Waals surface area contributed by atoms with E-state index in [-0.39, 0.29) is 47.9 Å². The molecule has 0 saturated heterocycles. The first-order chi connectivity index (χ1) is 15.2. The Morgan fingerprint density at radius 1 is 1.22 bits per heavy atom. The van der Waals surface area contributed by atoms with Gasteiger partial charge in [-0.05, 0) is 25.1 Å². The van der Waals surface area contributed by atoms with Gasteiger partial charge in [0.1, 0.15) is 0 Å². The number of rotatable bonds is 2. The van der Waals surface area contributed by atoms with E-state index >= 15 is 0 Å². The van der Waals surface area contributed by atoms with Crippen molar-refractivity contribution in [1.29, 1.82) is 0 Å². The Balaban J connectivity index is 1.60. The van der Waals surface area contributed by atoms with Crippen LogP contribution in [0.3, 0.4) is 0 Å². The summed E-state index contributed by atoms with van der Waals surface area (Å²) < 4.78 is 46.2. The molecule has 5 rings (SSSR count). The Kier molecular flexibility index (Phi) is 4.39. The number of carbonyl (C=O) groups excluding carboxylic acids is 1. The minimum atomic E-state index is -4.52. The lowest BCUT2D eigenvalue weighted by molar-refractivity contribution is -0.137. The second kappa shape index (κ2) is 7.04. The molecule has 3 aromatic heterocycles. The molecule has 0 aliphatic carbocycles. The Hall–Kier alpha value is -3.96. The van der Waals surface area contributed by atoms with Crippen LogP contribution in [0.15, 0.2) is 39.6 Å². The van der Waals surface area contributed by atoms with Crippen LogP contribution in [-0.2, 0) is 19.3 Å². The number of fused-ring (bicyclic) bond motifs is 2. The number of nitrogens with one attached hydrogen (secondary N) is 1. The van der Waals surface area contributed by atoms with E-state index in [0.29, 0.717) is 16.9 Å². The van der Waals surface area contributed by atoms with Crippen molar-refractivity contribution in [1.82, 2.24) is 29.8 Å². The van der Waals surface area contributed by atoms with E-state index in [1.54, 1.807) is 6.92 Å². The van der Waals surface area contributed by atoms with Crippen LogP contribution in [0.4, 0.5) is 13.2 Å². The minimum absolute atomic E-state index is 0.0504. The maximum absolute atomic E-state index is 13.4. The number of aryl methyl sites for hydroxylation is 1. The fourth-order valence-corrected chi connectivity index (χ4v) is 3.78. The lowest BCUT2D eigenvalue weighted by atomic mass is 10.0. The minimum Gasteiger partial charge on any atom is -0.335 e. The molecule has 4 heterocycles.